The molecule has 0 aromatic carbocycles. The van der Waals surface area contributed by atoms with E-state index in [1.54, 1.807) is 14.2 Å². The molecule has 0 aromatic heterocycles. The maximum atomic E-state index is 5.53. The van der Waals surface area contributed by atoms with Gasteiger partial charge in [0.25, 0.3) is 0 Å². The van der Waals surface area contributed by atoms with Crippen LogP contribution in [0.5, 0.6) is 0 Å². The summed E-state index contributed by atoms with van der Waals surface area (Å²) < 4.78 is 9.78. The molecule has 0 unspecified atom stereocenters. The molecule has 0 amide bonds. The van der Waals surface area contributed by atoms with E-state index in [-0.39, 0.29) is 0 Å². The van der Waals surface area contributed by atoms with Crippen LogP contribution in [0.4, 0.5) is 0 Å². The van der Waals surface area contributed by atoms with Gasteiger partial charge in [0.2, 0.25) is 0 Å². The lowest BCUT2D eigenvalue weighted by molar-refractivity contribution is 0.126. The Morgan fingerprint density at radius 1 is 0.625 bits per heavy atom. The Kier molecular flexibility index (Phi) is 23.3. The average Bonchev–Trinajstić information content (AvgIpc) is 2.28. The highest BCUT2D eigenvalue weighted by molar-refractivity contribution is 4.41. The molecule has 0 aliphatic carbocycles. The minimum atomic E-state index is 0.978. The highest BCUT2D eigenvalue weighted by atomic mass is 16.5. The minimum Gasteiger partial charge on any atom is -0.388 e. The van der Waals surface area contributed by atoms with E-state index in [2.05, 4.69) is 18.6 Å². The number of hydrogen-bond acceptors (Lipinski definition) is 2. The van der Waals surface area contributed by atoms with Crippen molar-refractivity contribution in [2.24, 2.45) is 0 Å². The van der Waals surface area contributed by atoms with Gasteiger partial charge in [-0.25, -0.2) is 0 Å². The number of ether oxygens (including phenoxy) is 2. The SMILES string of the molecule is CCCCCCOCCCCCC.COC. The van der Waals surface area contributed by atoms with Crippen LogP contribution in [-0.2, 0) is 9.47 Å². The number of hydrogen-bond donors (Lipinski definition) is 0. The first-order chi connectivity index (χ1) is 7.83. The Bertz CT molecular complexity index is 84.7. The van der Waals surface area contributed by atoms with E-state index in [1.165, 1.54) is 51.4 Å². The van der Waals surface area contributed by atoms with Crippen molar-refractivity contribution in [3.05, 3.63) is 0 Å². The molecule has 0 fully saturated rings. The first-order valence-corrected chi connectivity index (χ1v) is 6.81. The summed E-state index contributed by atoms with van der Waals surface area (Å²) in [6, 6.07) is 0. The topological polar surface area (TPSA) is 18.5 Å². The first-order valence-electron chi connectivity index (χ1n) is 6.81. The molecule has 0 rings (SSSR count). The molecule has 0 saturated heterocycles. The average molecular weight is 232 g/mol. The zero-order chi connectivity index (χ0) is 12.5. The van der Waals surface area contributed by atoms with E-state index >= 15 is 0 Å². The molecule has 2 nitrogen and oxygen atoms in total. The van der Waals surface area contributed by atoms with Crippen LogP contribution in [0.25, 0.3) is 0 Å². The van der Waals surface area contributed by atoms with Gasteiger partial charge in [-0.15, -0.1) is 0 Å². The van der Waals surface area contributed by atoms with E-state index in [9.17, 15) is 0 Å². The summed E-state index contributed by atoms with van der Waals surface area (Å²) in [5.74, 6) is 0. The molecular formula is C14H32O2. The highest BCUT2D eigenvalue weighted by Crippen LogP contribution is 2.01. The summed E-state index contributed by atoms with van der Waals surface area (Å²) in [7, 11) is 3.25. The van der Waals surface area contributed by atoms with Crippen molar-refractivity contribution in [1.29, 1.82) is 0 Å². The fraction of sp³-hybridized carbons (Fsp3) is 1.00. The fourth-order valence-electron chi connectivity index (χ4n) is 1.36. The van der Waals surface area contributed by atoms with Crippen molar-refractivity contribution in [2.75, 3.05) is 27.4 Å². The molecule has 0 bridgehead atoms. The predicted molar refractivity (Wildman–Crippen MR) is 72.0 cm³/mol. The van der Waals surface area contributed by atoms with Gasteiger partial charge in [-0.3, -0.25) is 0 Å². The third kappa shape index (κ3) is 23.6. The Morgan fingerprint density at radius 3 is 1.31 bits per heavy atom. The van der Waals surface area contributed by atoms with Gasteiger partial charge in [-0.05, 0) is 12.8 Å². The van der Waals surface area contributed by atoms with Crippen molar-refractivity contribution >= 4 is 0 Å². The largest absolute Gasteiger partial charge is 0.388 e. The smallest absolute Gasteiger partial charge is 0.0466 e. The summed E-state index contributed by atoms with van der Waals surface area (Å²) >= 11 is 0. The molecule has 0 aromatic rings. The van der Waals surface area contributed by atoms with Gasteiger partial charge in [0, 0.05) is 27.4 Å². The van der Waals surface area contributed by atoms with E-state index in [1.807, 2.05) is 0 Å². The van der Waals surface area contributed by atoms with Gasteiger partial charge in [-0.2, -0.15) is 0 Å². The number of methoxy groups -OCH3 is 1. The molecule has 0 saturated carbocycles. The van der Waals surface area contributed by atoms with Crippen LogP contribution in [-0.4, -0.2) is 27.4 Å². The van der Waals surface area contributed by atoms with Gasteiger partial charge in [0.15, 0.2) is 0 Å². The first kappa shape index (κ1) is 18.3. The predicted octanol–water partition coefficient (Wildman–Crippen LogP) is 4.43. The molecule has 100 valence electrons. The molecule has 0 radical (unpaired) electrons. The molecule has 0 heterocycles. The van der Waals surface area contributed by atoms with Crippen molar-refractivity contribution in [2.45, 2.75) is 65.2 Å². The van der Waals surface area contributed by atoms with E-state index in [0.717, 1.165) is 13.2 Å². The Hall–Kier alpha value is -0.0800. The Morgan fingerprint density at radius 2 is 1.00 bits per heavy atom. The Labute approximate surface area is 103 Å². The standard InChI is InChI=1S/C12H26O.C2H6O/c1-3-5-7-9-11-13-12-10-8-6-4-2;1-3-2/h3-12H2,1-2H3;1-2H3. The highest BCUT2D eigenvalue weighted by Gasteiger charge is 1.90. The number of unbranched alkanes of at least 4 members (excludes halogenated alkanes) is 6. The van der Waals surface area contributed by atoms with Gasteiger partial charge < -0.3 is 9.47 Å². The lowest BCUT2D eigenvalue weighted by Gasteiger charge is -2.03. The van der Waals surface area contributed by atoms with Crippen LogP contribution < -0.4 is 0 Å². The van der Waals surface area contributed by atoms with Crippen LogP contribution in [0, 0.1) is 0 Å². The summed E-state index contributed by atoms with van der Waals surface area (Å²) in [6.45, 7) is 6.44. The summed E-state index contributed by atoms with van der Waals surface area (Å²) in [4.78, 5) is 0. The second-order valence-electron chi connectivity index (χ2n) is 4.14. The minimum absolute atomic E-state index is 0.978. The van der Waals surface area contributed by atoms with Crippen LogP contribution >= 0.6 is 0 Å². The Balaban J connectivity index is 0. The zero-order valence-electron chi connectivity index (χ0n) is 11.9. The van der Waals surface area contributed by atoms with Gasteiger partial charge in [0.05, 0.1) is 0 Å². The maximum Gasteiger partial charge on any atom is 0.0466 e. The monoisotopic (exact) mass is 232 g/mol. The van der Waals surface area contributed by atoms with Crippen molar-refractivity contribution in [3.8, 4) is 0 Å². The van der Waals surface area contributed by atoms with Crippen LogP contribution in [0.3, 0.4) is 0 Å². The molecule has 16 heavy (non-hydrogen) atoms. The van der Waals surface area contributed by atoms with Crippen LogP contribution in [0.2, 0.25) is 0 Å². The van der Waals surface area contributed by atoms with E-state index < -0.39 is 0 Å². The third-order valence-electron chi connectivity index (χ3n) is 2.28. The van der Waals surface area contributed by atoms with Crippen molar-refractivity contribution < 1.29 is 9.47 Å². The van der Waals surface area contributed by atoms with Gasteiger partial charge >= 0.3 is 0 Å². The molecule has 0 atom stereocenters. The fourth-order valence-corrected chi connectivity index (χ4v) is 1.36. The van der Waals surface area contributed by atoms with E-state index in [4.69, 9.17) is 4.74 Å². The summed E-state index contributed by atoms with van der Waals surface area (Å²) in [6.07, 6.45) is 10.5. The molecule has 0 spiro atoms. The van der Waals surface area contributed by atoms with Crippen LogP contribution in [0.1, 0.15) is 65.2 Å². The van der Waals surface area contributed by atoms with Crippen molar-refractivity contribution in [3.63, 3.8) is 0 Å². The maximum absolute atomic E-state index is 5.53. The molecule has 0 N–H and O–H groups in total. The molecule has 0 aliphatic rings. The third-order valence-corrected chi connectivity index (χ3v) is 2.28. The zero-order valence-corrected chi connectivity index (χ0v) is 11.9. The normalized spacial score (nSPS) is 9.75. The van der Waals surface area contributed by atoms with Crippen LogP contribution in [0.15, 0.2) is 0 Å². The van der Waals surface area contributed by atoms with Crippen molar-refractivity contribution in [1.82, 2.24) is 0 Å². The number of rotatable bonds is 10. The second-order valence-corrected chi connectivity index (χ2v) is 4.14. The molecule has 2 heteroatoms. The van der Waals surface area contributed by atoms with Gasteiger partial charge in [0.1, 0.15) is 0 Å². The molecular weight excluding hydrogens is 200 g/mol. The quantitative estimate of drug-likeness (QED) is 0.519. The summed E-state index contributed by atoms with van der Waals surface area (Å²) in [5.41, 5.74) is 0. The van der Waals surface area contributed by atoms with E-state index in [0.29, 0.717) is 0 Å². The summed E-state index contributed by atoms with van der Waals surface area (Å²) in [5, 5.41) is 0. The van der Waals surface area contributed by atoms with Gasteiger partial charge in [-0.1, -0.05) is 52.4 Å². The lowest BCUT2D eigenvalue weighted by atomic mass is 10.2. The lowest BCUT2D eigenvalue weighted by Crippen LogP contribution is -1.96. The molecule has 0 aliphatic heterocycles. The second kappa shape index (κ2) is 20.3.